The highest BCUT2D eigenvalue weighted by molar-refractivity contribution is 7.99. The van der Waals surface area contributed by atoms with Crippen LogP contribution in [0, 0.1) is 0 Å². The molecular weight excluding hydrogens is 190 g/mol. The Hall–Kier alpha value is 0.340. The van der Waals surface area contributed by atoms with Crippen LogP contribution in [0.4, 0.5) is 0 Å². The zero-order valence-corrected chi connectivity index (χ0v) is 9.07. The third-order valence-corrected chi connectivity index (χ3v) is 3.62. The van der Waals surface area contributed by atoms with Crippen LogP contribution in [0.1, 0.15) is 12.8 Å². The maximum Gasteiger partial charge on any atom is 0.0186 e. The fraction of sp³-hybridized carbons (Fsp3) is 0.778. The lowest BCUT2D eigenvalue weighted by atomic mass is 10.1. The van der Waals surface area contributed by atoms with Crippen LogP contribution < -0.4 is 0 Å². The van der Waals surface area contributed by atoms with Crippen LogP contribution >= 0.6 is 23.4 Å². The number of likely N-dealkylation sites (N-methyl/N-ethyl adjacent to an activating group) is 1. The zero-order chi connectivity index (χ0) is 8.81. The van der Waals surface area contributed by atoms with Gasteiger partial charge in [-0.3, -0.25) is 4.90 Å². The highest BCUT2D eigenvalue weighted by Crippen LogP contribution is 2.20. The van der Waals surface area contributed by atoms with Crippen LogP contribution in [0.5, 0.6) is 0 Å². The smallest absolute Gasteiger partial charge is 0.0186 e. The molecule has 0 aromatic rings. The molecule has 0 aliphatic carbocycles. The van der Waals surface area contributed by atoms with Crippen molar-refractivity contribution in [3.8, 4) is 0 Å². The second kappa shape index (κ2) is 5.90. The van der Waals surface area contributed by atoms with Gasteiger partial charge < -0.3 is 0 Å². The SMILES string of the molecule is CN(C/C=C/Cl)C1CCCSC1. The molecule has 1 fully saturated rings. The summed E-state index contributed by atoms with van der Waals surface area (Å²) in [6.07, 6.45) is 4.71. The summed E-state index contributed by atoms with van der Waals surface area (Å²) in [4.78, 5) is 2.38. The summed E-state index contributed by atoms with van der Waals surface area (Å²) in [7, 11) is 2.17. The van der Waals surface area contributed by atoms with E-state index in [2.05, 4.69) is 23.7 Å². The first-order valence-corrected chi connectivity index (χ1v) is 5.97. The first kappa shape index (κ1) is 10.4. The molecule has 1 atom stereocenters. The minimum absolute atomic E-state index is 0.761. The minimum atomic E-state index is 0.761. The van der Waals surface area contributed by atoms with Crippen molar-refractivity contribution in [1.29, 1.82) is 0 Å². The Balaban J connectivity index is 2.24. The molecule has 0 radical (unpaired) electrons. The summed E-state index contributed by atoms with van der Waals surface area (Å²) in [6.45, 7) is 0.981. The summed E-state index contributed by atoms with van der Waals surface area (Å²) >= 11 is 7.54. The maximum absolute atomic E-state index is 5.47. The Morgan fingerprint density at radius 2 is 2.50 bits per heavy atom. The van der Waals surface area contributed by atoms with Crippen molar-refractivity contribution in [1.82, 2.24) is 4.90 Å². The monoisotopic (exact) mass is 205 g/mol. The third-order valence-electron chi connectivity index (χ3n) is 2.24. The van der Waals surface area contributed by atoms with Crippen molar-refractivity contribution in [3.05, 3.63) is 11.6 Å². The molecule has 1 saturated heterocycles. The van der Waals surface area contributed by atoms with Gasteiger partial charge in [0, 0.05) is 23.9 Å². The predicted molar refractivity (Wildman–Crippen MR) is 58.0 cm³/mol. The average molecular weight is 206 g/mol. The number of thioether (sulfide) groups is 1. The quantitative estimate of drug-likeness (QED) is 0.697. The lowest BCUT2D eigenvalue weighted by Crippen LogP contribution is -2.35. The van der Waals surface area contributed by atoms with Gasteiger partial charge in [-0.05, 0) is 25.6 Å². The molecular formula is C9H16ClNS. The molecule has 0 spiro atoms. The molecule has 12 heavy (non-hydrogen) atoms. The topological polar surface area (TPSA) is 3.24 Å². The number of rotatable bonds is 3. The molecule has 0 aromatic carbocycles. The lowest BCUT2D eigenvalue weighted by Gasteiger charge is -2.29. The van der Waals surface area contributed by atoms with Crippen molar-refractivity contribution in [2.45, 2.75) is 18.9 Å². The molecule has 3 heteroatoms. The fourth-order valence-corrected chi connectivity index (χ4v) is 2.74. The fourth-order valence-electron chi connectivity index (χ4n) is 1.43. The van der Waals surface area contributed by atoms with E-state index >= 15 is 0 Å². The highest BCUT2D eigenvalue weighted by atomic mass is 35.5. The van der Waals surface area contributed by atoms with Gasteiger partial charge in [0.05, 0.1) is 0 Å². The Morgan fingerprint density at radius 1 is 1.67 bits per heavy atom. The molecule has 0 amide bonds. The molecule has 1 aliphatic heterocycles. The van der Waals surface area contributed by atoms with Crippen LogP contribution in [0.2, 0.25) is 0 Å². The molecule has 1 aliphatic rings. The van der Waals surface area contributed by atoms with Crippen molar-refractivity contribution in [3.63, 3.8) is 0 Å². The molecule has 0 saturated carbocycles. The van der Waals surface area contributed by atoms with Gasteiger partial charge in [0.25, 0.3) is 0 Å². The normalized spacial score (nSPS) is 25.4. The molecule has 1 heterocycles. The lowest BCUT2D eigenvalue weighted by molar-refractivity contribution is 0.271. The number of nitrogens with zero attached hydrogens (tertiary/aromatic N) is 1. The Morgan fingerprint density at radius 3 is 3.08 bits per heavy atom. The van der Waals surface area contributed by atoms with E-state index in [1.54, 1.807) is 5.54 Å². The predicted octanol–water partition coefficient (Wildman–Crippen LogP) is 2.57. The molecule has 1 nitrogen and oxygen atoms in total. The van der Waals surface area contributed by atoms with Crippen LogP contribution in [0.25, 0.3) is 0 Å². The zero-order valence-electron chi connectivity index (χ0n) is 7.50. The summed E-state index contributed by atoms with van der Waals surface area (Å²) in [6, 6.07) is 0.761. The van der Waals surface area contributed by atoms with E-state index in [0.717, 1.165) is 12.6 Å². The Bertz CT molecular complexity index is 143. The Kier molecular flexibility index (Phi) is 5.12. The standard InChI is InChI=1S/C9H16ClNS/c1-11(6-3-5-10)9-4-2-7-12-8-9/h3,5,9H,2,4,6-8H2,1H3/b5-3+. The van der Waals surface area contributed by atoms with E-state index in [1.807, 2.05) is 6.08 Å². The van der Waals surface area contributed by atoms with Crippen molar-refractivity contribution < 1.29 is 0 Å². The van der Waals surface area contributed by atoms with Crippen molar-refractivity contribution in [2.75, 3.05) is 25.1 Å². The first-order chi connectivity index (χ1) is 5.84. The van der Waals surface area contributed by atoms with E-state index < -0.39 is 0 Å². The number of hydrogen-bond donors (Lipinski definition) is 0. The van der Waals surface area contributed by atoms with Gasteiger partial charge in [-0.15, -0.1) is 0 Å². The van der Waals surface area contributed by atoms with Gasteiger partial charge in [-0.2, -0.15) is 11.8 Å². The van der Waals surface area contributed by atoms with E-state index in [1.165, 1.54) is 24.3 Å². The van der Waals surface area contributed by atoms with Gasteiger partial charge >= 0.3 is 0 Å². The maximum atomic E-state index is 5.47. The van der Waals surface area contributed by atoms with Crippen molar-refractivity contribution in [2.24, 2.45) is 0 Å². The van der Waals surface area contributed by atoms with Gasteiger partial charge in [0.15, 0.2) is 0 Å². The van der Waals surface area contributed by atoms with Crippen LogP contribution in [0.15, 0.2) is 11.6 Å². The van der Waals surface area contributed by atoms with E-state index in [-0.39, 0.29) is 0 Å². The van der Waals surface area contributed by atoms with Crippen LogP contribution in [0.3, 0.4) is 0 Å². The summed E-state index contributed by atoms with van der Waals surface area (Å²) in [5, 5.41) is 0. The van der Waals surface area contributed by atoms with Crippen LogP contribution in [-0.4, -0.2) is 36.0 Å². The highest BCUT2D eigenvalue weighted by Gasteiger charge is 2.16. The second-order valence-corrected chi connectivity index (χ2v) is 4.57. The second-order valence-electron chi connectivity index (χ2n) is 3.17. The molecule has 0 aromatic heterocycles. The minimum Gasteiger partial charge on any atom is -0.299 e. The van der Waals surface area contributed by atoms with Crippen LogP contribution in [-0.2, 0) is 0 Å². The van der Waals surface area contributed by atoms with Gasteiger partial charge in [-0.25, -0.2) is 0 Å². The van der Waals surface area contributed by atoms with E-state index in [9.17, 15) is 0 Å². The number of halogens is 1. The number of hydrogen-bond acceptors (Lipinski definition) is 2. The molecule has 0 N–H and O–H groups in total. The molecule has 1 unspecified atom stereocenters. The first-order valence-electron chi connectivity index (χ1n) is 4.38. The Labute approximate surface area is 84.1 Å². The van der Waals surface area contributed by atoms with Gasteiger partial charge in [0.2, 0.25) is 0 Å². The van der Waals surface area contributed by atoms with E-state index in [4.69, 9.17) is 11.6 Å². The third kappa shape index (κ3) is 3.38. The molecule has 70 valence electrons. The van der Waals surface area contributed by atoms with Gasteiger partial charge in [-0.1, -0.05) is 17.7 Å². The molecule has 0 bridgehead atoms. The summed E-state index contributed by atoms with van der Waals surface area (Å²) in [5.74, 6) is 2.63. The summed E-state index contributed by atoms with van der Waals surface area (Å²) in [5.41, 5.74) is 1.60. The summed E-state index contributed by atoms with van der Waals surface area (Å²) < 4.78 is 0. The van der Waals surface area contributed by atoms with Crippen molar-refractivity contribution >= 4 is 23.4 Å². The largest absolute Gasteiger partial charge is 0.299 e. The van der Waals surface area contributed by atoms with E-state index in [0.29, 0.717) is 0 Å². The molecule has 1 rings (SSSR count). The average Bonchev–Trinajstić information content (AvgIpc) is 2.15. The van der Waals surface area contributed by atoms with Gasteiger partial charge in [0.1, 0.15) is 0 Å².